The van der Waals surface area contributed by atoms with Gasteiger partial charge in [-0.1, -0.05) is 34.8 Å². The van der Waals surface area contributed by atoms with Gasteiger partial charge >= 0.3 is 0 Å². The van der Waals surface area contributed by atoms with Crippen LogP contribution in [0.4, 0.5) is 11.5 Å². The number of aromatic nitrogens is 1. The normalized spacial score (nSPS) is 12.6. The van der Waals surface area contributed by atoms with Gasteiger partial charge in [0.1, 0.15) is 5.15 Å². The van der Waals surface area contributed by atoms with Crippen molar-refractivity contribution in [1.29, 1.82) is 0 Å². The fraction of sp³-hybridized carbons (Fsp3) is 0.0833. The van der Waals surface area contributed by atoms with Crippen LogP contribution in [-0.4, -0.2) is 11.8 Å². The van der Waals surface area contributed by atoms with Crippen molar-refractivity contribution in [2.75, 3.05) is 12.1 Å². The number of hydrogen-bond acceptors (Lipinski definition) is 4. The summed E-state index contributed by atoms with van der Waals surface area (Å²) in [6.45, 7) is 0.227. The Bertz CT molecular complexity index is 649. The first kappa shape index (κ1) is 12.7. The Hall–Kier alpha value is -1.36. The van der Waals surface area contributed by atoms with Crippen molar-refractivity contribution in [3.05, 3.63) is 39.5 Å². The number of anilines is 2. The predicted octanol–water partition coefficient (Wildman–Crippen LogP) is 4.51. The molecule has 0 atom stereocenters. The third-order valence-corrected chi connectivity index (χ3v) is 3.48. The zero-order chi connectivity index (χ0) is 13.4. The molecule has 0 fully saturated rings. The van der Waals surface area contributed by atoms with Crippen LogP contribution in [0.25, 0.3) is 0 Å². The summed E-state index contributed by atoms with van der Waals surface area (Å²) in [5.41, 5.74) is 0.761. The van der Waals surface area contributed by atoms with Crippen LogP contribution in [0.1, 0.15) is 0 Å². The van der Waals surface area contributed by atoms with Gasteiger partial charge in [0.2, 0.25) is 6.79 Å². The van der Waals surface area contributed by atoms with E-state index in [0.29, 0.717) is 27.4 Å². The van der Waals surface area contributed by atoms with Crippen LogP contribution in [0.2, 0.25) is 15.2 Å². The molecule has 0 aliphatic carbocycles. The van der Waals surface area contributed by atoms with E-state index in [9.17, 15) is 0 Å². The topological polar surface area (TPSA) is 43.4 Å². The number of halogens is 3. The van der Waals surface area contributed by atoms with E-state index in [2.05, 4.69) is 10.3 Å². The number of nitrogens with one attached hydrogen (secondary N) is 1. The number of hydrogen-bond donors (Lipinski definition) is 1. The minimum Gasteiger partial charge on any atom is -0.454 e. The molecule has 0 unspecified atom stereocenters. The van der Waals surface area contributed by atoms with Crippen molar-refractivity contribution in [3.63, 3.8) is 0 Å². The molecular weight excluding hydrogens is 311 g/mol. The molecule has 19 heavy (non-hydrogen) atoms. The molecule has 4 nitrogen and oxygen atoms in total. The summed E-state index contributed by atoms with van der Waals surface area (Å²) in [6, 6.07) is 6.96. The van der Waals surface area contributed by atoms with Gasteiger partial charge < -0.3 is 14.8 Å². The molecule has 1 aromatic carbocycles. The quantitative estimate of drug-likeness (QED) is 0.827. The van der Waals surface area contributed by atoms with Crippen molar-refractivity contribution in [3.8, 4) is 11.5 Å². The van der Waals surface area contributed by atoms with Crippen molar-refractivity contribution in [2.45, 2.75) is 0 Å². The van der Waals surface area contributed by atoms with Crippen molar-refractivity contribution < 1.29 is 9.47 Å². The van der Waals surface area contributed by atoms with E-state index in [1.165, 1.54) is 6.07 Å². The minimum atomic E-state index is 0.189. The van der Waals surface area contributed by atoms with Gasteiger partial charge in [0.25, 0.3) is 0 Å². The first-order valence-electron chi connectivity index (χ1n) is 5.32. The number of pyridine rings is 1. The Labute approximate surface area is 124 Å². The molecule has 0 saturated carbocycles. The van der Waals surface area contributed by atoms with Gasteiger partial charge in [0.15, 0.2) is 17.3 Å². The predicted molar refractivity (Wildman–Crippen MR) is 75.1 cm³/mol. The molecule has 0 bridgehead atoms. The lowest BCUT2D eigenvalue weighted by molar-refractivity contribution is 0.174. The first-order valence-corrected chi connectivity index (χ1v) is 6.45. The lowest BCUT2D eigenvalue weighted by Crippen LogP contribution is -1.95. The van der Waals surface area contributed by atoms with Gasteiger partial charge in [0.05, 0.1) is 10.0 Å². The number of nitrogens with zero attached hydrogens (tertiary/aromatic N) is 1. The standard InChI is InChI=1S/C12H7Cl3N2O2/c13-7-4-8(14)12(17-11(7)15)16-6-1-2-9-10(3-6)19-5-18-9/h1-4H,5H2,(H,16,17). The molecule has 2 heterocycles. The van der Waals surface area contributed by atoms with E-state index in [1.54, 1.807) is 12.1 Å². The molecule has 0 spiro atoms. The van der Waals surface area contributed by atoms with Gasteiger partial charge in [0, 0.05) is 11.8 Å². The summed E-state index contributed by atoms with van der Waals surface area (Å²) in [4.78, 5) is 4.08. The Kier molecular flexibility index (Phi) is 3.31. The smallest absolute Gasteiger partial charge is 0.231 e. The third kappa shape index (κ3) is 2.52. The summed E-state index contributed by atoms with van der Waals surface area (Å²) in [7, 11) is 0. The average Bonchev–Trinajstić information content (AvgIpc) is 2.83. The molecule has 1 N–H and O–H groups in total. The monoisotopic (exact) mass is 316 g/mol. The van der Waals surface area contributed by atoms with Crippen LogP contribution in [0.3, 0.4) is 0 Å². The average molecular weight is 318 g/mol. The molecule has 3 rings (SSSR count). The Balaban J connectivity index is 1.91. The molecule has 0 radical (unpaired) electrons. The molecule has 98 valence electrons. The van der Waals surface area contributed by atoms with E-state index in [4.69, 9.17) is 44.3 Å². The lowest BCUT2D eigenvalue weighted by Gasteiger charge is -2.09. The fourth-order valence-corrected chi connectivity index (χ4v) is 2.19. The maximum atomic E-state index is 6.04. The van der Waals surface area contributed by atoms with Crippen LogP contribution < -0.4 is 14.8 Å². The van der Waals surface area contributed by atoms with Crippen molar-refractivity contribution in [2.24, 2.45) is 0 Å². The zero-order valence-electron chi connectivity index (χ0n) is 9.41. The van der Waals surface area contributed by atoms with Crippen LogP contribution in [0.5, 0.6) is 11.5 Å². The molecule has 0 saturated heterocycles. The molecular formula is C12H7Cl3N2O2. The van der Waals surface area contributed by atoms with Crippen LogP contribution >= 0.6 is 34.8 Å². The maximum absolute atomic E-state index is 6.04. The highest BCUT2D eigenvalue weighted by Crippen LogP contribution is 2.36. The molecule has 2 aromatic rings. The van der Waals surface area contributed by atoms with Crippen LogP contribution in [0, 0.1) is 0 Å². The molecule has 1 aliphatic heterocycles. The Morgan fingerprint density at radius 1 is 1.00 bits per heavy atom. The van der Waals surface area contributed by atoms with E-state index in [1.807, 2.05) is 6.07 Å². The fourth-order valence-electron chi connectivity index (χ4n) is 1.64. The largest absolute Gasteiger partial charge is 0.454 e. The minimum absolute atomic E-state index is 0.189. The number of ether oxygens (including phenoxy) is 2. The highest BCUT2D eigenvalue weighted by atomic mass is 35.5. The molecule has 1 aromatic heterocycles. The first-order chi connectivity index (χ1) is 9.13. The maximum Gasteiger partial charge on any atom is 0.231 e. The van der Waals surface area contributed by atoms with Gasteiger partial charge in [-0.2, -0.15) is 0 Å². The van der Waals surface area contributed by atoms with Gasteiger partial charge in [-0.15, -0.1) is 0 Å². The van der Waals surface area contributed by atoms with Gasteiger partial charge in [-0.3, -0.25) is 0 Å². The van der Waals surface area contributed by atoms with Crippen molar-refractivity contribution >= 4 is 46.3 Å². The SMILES string of the molecule is Clc1cc(Cl)c(Nc2ccc3c(c2)OCO3)nc1Cl. The van der Waals surface area contributed by atoms with Gasteiger partial charge in [-0.05, 0) is 18.2 Å². The van der Waals surface area contributed by atoms with Crippen molar-refractivity contribution in [1.82, 2.24) is 4.98 Å². The summed E-state index contributed by atoms with van der Waals surface area (Å²) in [5.74, 6) is 1.80. The third-order valence-electron chi connectivity index (χ3n) is 2.52. The van der Waals surface area contributed by atoms with E-state index in [-0.39, 0.29) is 11.9 Å². The van der Waals surface area contributed by atoms with E-state index < -0.39 is 0 Å². The summed E-state index contributed by atoms with van der Waals surface area (Å²) >= 11 is 17.7. The highest BCUT2D eigenvalue weighted by Gasteiger charge is 2.14. The second-order valence-electron chi connectivity index (χ2n) is 3.78. The highest BCUT2D eigenvalue weighted by molar-refractivity contribution is 6.43. The summed E-state index contributed by atoms with van der Waals surface area (Å²) < 4.78 is 10.5. The zero-order valence-corrected chi connectivity index (χ0v) is 11.7. The second kappa shape index (κ2) is 4.96. The number of rotatable bonds is 2. The van der Waals surface area contributed by atoms with E-state index in [0.717, 1.165) is 5.69 Å². The number of benzene rings is 1. The van der Waals surface area contributed by atoms with Crippen LogP contribution in [-0.2, 0) is 0 Å². The molecule has 7 heteroatoms. The second-order valence-corrected chi connectivity index (χ2v) is 4.96. The summed E-state index contributed by atoms with van der Waals surface area (Å²) in [5, 5.41) is 3.93. The van der Waals surface area contributed by atoms with Crippen LogP contribution in [0.15, 0.2) is 24.3 Å². The van der Waals surface area contributed by atoms with E-state index >= 15 is 0 Å². The Morgan fingerprint density at radius 3 is 2.63 bits per heavy atom. The molecule has 1 aliphatic rings. The van der Waals surface area contributed by atoms with Gasteiger partial charge in [-0.25, -0.2) is 4.98 Å². The number of fused-ring (bicyclic) bond motifs is 1. The molecule has 0 amide bonds. The Morgan fingerprint density at radius 2 is 1.79 bits per heavy atom. The lowest BCUT2D eigenvalue weighted by atomic mass is 10.3. The summed E-state index contributed by atoms with van der Waals surface area (Å²) in [6.07, 6.45) is 0.